The molecule has 1 amide bonds. The van der Waals surface area contributed by atoms with E-state index in [2.05, 4.69) is 5.10 Å². The van der Waals surface area contributed by atoms with Gasteiger partial charge in [-0.25, -0.2) is 4.68 Å². The van der Waals surface area contributed by atoms with Gasteiger partial charge in [0, 0.05) is 6.07 Å². The molecule has 0 radical (unpaired) electrons. The van der Waals surface area contributed by atoms with E-state index in [9.17, 15) is 18.0 Å². The minimum Gasteiger partial charge on any atom is -0.364 e. The van der Waals surface area contributed by atoms with Crippen molar-refractivity contribution in [3.05, 3.63) is 47.8 Å². The van der Waals surface area contributed by atoms with Gasteiger partial charge in [-0.1, -0.05) is 18.2 Å². The van der Waals surface area contributed by atoms with Crippen molar-refractivity contribution in [1.82, 2.24) is 9.78 Å². The van der Waals surface area contributed by atoms with Crippen molar-refractivity contribution in [3.63, 3.8) is 0 Å². The molecule has 0 aliphatic carbocycles. The van der Waals surface area contributed by atoms with E-state index in [0.29, 0.717) is 10.7 Å². The summed E-state index contributed by atoms with van der Waals surface area (Å²) >= 11 is 0. The number of primary amides is 1. The van der Waals surface area contributed by atoms with Gasteiger partial charge in [0.15, 0.2) is 5.69 Å². The molecule has 1 heterocycles. The van der Waals surface area contributed by atoms with Crippen molar-refractivity contribution in [2.45, 2.75) is 6.18 Å². The van der Waals surface area contributed by atoms with Crippen LogP contribution in [0.3, 0.4) is 0 Å². The van der Waals surface area contributed by atoms with Gasteiger partial charge >= 0.3 is 6.18 Å². The highest BCUT2D eigenvalue weighted by atomic mass is 19.4. The monoisotopic (exact) mass is 255 g/mol. The average molecular weight is 255 g/mol. The molecule has 0 bridgehead atoms. The summed E-state index contributed by atoms with van der Waals surface area (Å²) < 4.78 is 39.0. The van der Waals surface area contributed by atoms with Crippen molar-refractivity contribution >= 4 is 5.91 Å². The van der Waals surface area contributed by atoms with E-state index in [1.165, 1.54) is 12.1 Å². The number of nitrogens with zero attached hydrogens (tertiary/aromatic N) is 2. The number of hydrogen-bond donors (Lipinski definition) is 1. The van der Waals surface area contributed by atoms with Gasteiger partial charge in [-0.3, -0.25) is 4.79 Å². The first-order valence-electron chi connectivity index (χ1n) is 4.92. The van der Waals surface area contributed by atoms with Gasteiger partial charge in [0.2, 0.25) is 0 Å². The van der Waals surface area contributed by atoms with E-state index < -0.39 is 23.5 Å². The number of aromatic nitrogens is 2. The van der Waals surface area contributed by atoms with Crippen LogP contribution in [0.25, 0.3) is 5.69 Å². The van der Waals surface area contributed by atoms with E-state index in [1.54, 1.807) is 18.2 Å². The lowest BCUT2D eigenvalue weighted by Crippen LogP contribution is -2.13. The summed E-state index contributed by atoms with van der Waals surface area (Å²) in [5.74, 6) is -1.00. The van der Waals surface area contributed by atoms with Crippen LogP contribution in [-0.4, -0.2) is 15.7 Å². The minimum atomic E-state index is -4.61. The lowest BCUT2D eigenvalue weighted by atomic mass is 10.3. The molecule has 4 nitrogen and oxygen atoms in total. The Morgan fingerprint density at radius 3 is 2.33 bits per heavy atom. The van der Waals surface area contributed by atoms with Crippen LogP contribution in [-0.2, 0) is 6.18 Å². The van der Waals surface area contributed by atoms with Crippen molar-refractivity contribution in [2.24, 2.45) is 5.73 Å². The summed E-state index contributed by atoms with van der Waals surface area (Å²) in [4.78, 5) is 10.9. The molecule has 1 aromatic carbocycles. The molecule has 0 aliphatic rings. The van der Waals surface area contributed by atoms with Gasteiger partial charge in [0.25, 0.3) is 5.91 Å². The number of alkyl halides is 3. The summed E-state index contributed by atoms with van der Waals surface area (Å²) in [7, 11) is 0. The predicted molar refractivity (Wildman–Crippen MR) is 57.1 cm³/mol. The molecule has 0 unspecified atom stereocenters. The van der Waals surface area contributed by atoms with Crippen molar-refractivity contribution < 1.29 is 18.0 Å². The number of carbonyl (C=O) groups excluding carboxylic acids is 1. The minimum absolute atomic E-state index is 0.206. The molecule has 0 saturated carbocycles. The zero-order valence-corrected chi connectivity index (χ0v) is 8.98. The molecule has 18 heavy (non-hydrogen) atoms. The lowest BCUT2D eigenvalue weighted by Gasteiger charge is -2.09. The summed E-state index contributed by atoms with van der Waals surface area (Å²) in [6.45, 7) is 0. The van der Waals surface area contributed by atoms with E-state index in [4.69, 9.17) is 5.73 Å². The van der Waals surface area contributed by atoms with Crippen molar-refractivity contribution in [3.8, 4) is 5.69 Å². The molecule has 1 aromatic heterocycles. The Labute approximate surface area is 99.8 Å². The Bertz CT molecular complexity index is 575. The lowest BCUT2D eigenvalue weighted by molar-refractivity contribution is -0.142. The topological polar surface area (TPSA) is 60.9 Å². The number of benzene rings is 1. The predicted octanol–water partition coefficient (Wildman–Crippen LogP) is 1.99. The number of rotatable bonds is 2. The largest absolute Gasteiger partial charge is 0.433 e. The standard InChI is InChI=1S/C11H8F3N3O/c12-11(13,14)9-6-8(10(15)18)16-17(9)7-4-2-1-3-5-7/h1-6H,(H2,15,18). The first-order valence-corrected chi connectivity index (χ1v) is 4.92. The fourth-order valence-electron chi connectivity index (χ4n) is 1.47. The zero-order valence-electron chi connectivity index (χ0n) is 8.98. The maximum absolute atomic E-state index is 12.8. The van der Waals surface area contributed by atoms with E-state index in [0.717, 1.165) is 0 Å². The molecule has 94 valence electrons. The number of amides is 1. The van der Waals surface area contributed by atoms with Gasteiger partial charge in [-0.15, -0.1) is 0 Å². The first-order chi connectivity index (χ1) is 8.39. The van der Waals surface area contributed by atoms with Crippen molar-refractivity contribution in [2.75, 3.05) is 0 Å². The van der Waals surface area contributed by atoms with Crippen LogP contribution in [0.15, 0.2) is 36.4 Å². The third-order valence-corrected chi connectivity index (χ3v) is 2.25. The maximum Gasteiger partial charge on any atom is 0.433 e. The second kappa shape index (κ2) is 4.17. The molecular formula is C11H8F3N3O. The molecule has 0 fully saturated rings. The highest BCUT2D eigenvalue weighted by molar-refractivity contribution is 5.90. The highest BCUT2D eigenvalue weighted by Crippen LogP contribution is 2.31. The van der Waals surface area contributed by atoms with Crippen LogP contribution in [0.1, 0.15) is 16.2 Å². The van der Waals surface area contributed by atoms with Gasteiger partial charge in [-0.2, -0.15) is 18.3 Å². The smallest absolute Gasteiger partial charge is 0.364 e. The molecular weight excluding hydrogens is 247 g/mol. The number of para-hydroxylation sites is 1. The normalized spacial score (nSPS) is 11.5. The third-order valence-electron chi connectivity index (χ3n) is 2.25. The Morgan fingerprint density at radius 1 is 1.22 bits per heavy atom. The second-order valence-corrected chi connectivity index (χ2v) is 3.52. The molecule has 2 rings (SSSR count). The summed E-state index contributed by atoms with van der Waals surface area (Å²) in [6.07, 6.45) is -4.61. The van der Waals surface area contributed by atoms with Gasteiger partial charge < -0.3 is 5.73 Å². The molecule has 2 aromatic rings. The van der Waals surface area contributed by atoms with Crippen LogP contribution in [0, 0.1) is 0 Å². The quantitative estimate of drug-likeness (QED) is 0.892. The molecule has 2 N–H and O–H groups in total. The Balaban J connectivity index is 2.62. The van der Waals surface area contributed by atoms with E-state index >= 15 is 0 Å². The fraction of sp³-hybridized carbons (Fsp3) is 0.0909. The van der Waals surface area contributed by atoms with E-state index in [-0.39, 0.29) is 5.69 Å². The summed E-state index contributed by atoms with van der Waals surface area (Å²) in [5.41, 5.74) is 3.68. The number of carbonyl (C=O) groups is 1. The van der Waals surface area contributed by atoms with Crippen LogP contribution in [0.5, 0.6) is 0 Å². The molecule has 0 saturated heterocycles. The SMILES string of the molecule is NC(=O)c1cc(C(F)(F)F)n(-c2ccccc2)n1. The Hall–Kier alpha value is -2.31. The average Bonchev–Trinajstić information content (AvgIpc) is 2.74. The van der Waals surface area contributed by atoms with Crippen LogP contribution in [0.2, 0.25) is 0 Å². The van der Waals surface area contributed by atoms with Crippen LogP contribution >= 0.6 is 0 Å². The van der Waals surface area contributed by atoms with Crippen LogP contribution < -0.4 is 5.73 Å². The molecule has 7 heteroatoms. The van der Waals surface area contributed by atoms with Gasteiger partial charge in [-0.05, 0) is 12.1 Å². The molecule has 0 spiro atoms. The number of hydrogen-bond acceptors (Lipinski definition) is 2. The summed E-state index contributed by atoms with van der Waals surface area (Å²) in [6, 6.07) is 8.34. The zero-order chi connectivity index (χ0) is 13.3. The summed E-state index contributed by atoms with van der Waals surface area (Å²) in [5, 5.41) is 3.57. The van der Waals surface area contributed by atoms with Crippen LogP contribution in [0.4, 0.5) is 13.2 Å². The Morgan fingerprint density at radius 2 is 1.83 bits per heavy atom. The number of nitrogens with two attached hydrogens (primary N) is 1. The Kier molecular flexibility index (Phi) is 2.82. The van der Waals surface area contributed by atoms with Gasteiger partial charge in [0.1, 0.15) is 5.69 Å². The first kappa shape index (κ1) is 12.2. The third kappa shape index (κ3) is 2.20. The number of halogens is 3. The molecule has 0 atom stereocenters. The maximum atomic E-state index is 12.8. The highest BCUT2D eigenvalue weighted by Gasteiger charge is 2.36. The fourth-order valence-corrected chi connectivity index (χ4v) is 1.47. The van der Waals surface area contributed by atoms with E-state index in [1.807, 2.05) is 0 Å². The van der Waals surface area contributed by atoms with Crippen molar-refractivity contribution in [1.29, 1.82) is 0 Å². The van der Waals surface area contributed by atoms with Gasteiger partial charge in [0.05, 0.1) is 5.69 Å². The molecule has 0 aliphatic heterocycles. The second-order valence-electron chi connectivity index (χ2n) is 3.52.